The van der Waals surface area contributed by atoms with Gasteiger partial charge in [-0.3, -0.25) is 0 Å². The molecule has 2 N–H and O–H groups in total. The molecule has 0 unspecified atom stereocenters. The van der Waals surface area contributed by atoms with E-state index in [1.165, 1.54) is 0 Å². The number of alkyl carbamates (subject to hydrolysis) is 1. The predicted octanol–water partition coefficient (Wildman–Crippen LogP) is 4.27. The molecule has 7 heteroatoms. The van der Waals surface area contributed by atoms with Crippen molar-refractivity contribution in [1.29, 1.82) is 5.26 Å². The highest BCUT2D eigenvalue weighted by molar-refractivity contribution is 5.83. The maximum atomic E-state index is 11.8. The van der Waals surface area contributed by atoms with Crippen molar-refractivity contribution in [2.24, 2.45) is 0 Å². The number of carbonyl (C=O) groups is 1. The molecule has 7 nitrogen and oxygen atoms in total. The van der Waals surface area contributed by atoms with Gasteiger partial charge in [0, 0.05) is 35.1 Å². The SMILES string of the molecule is CC(C)NC(=O)O[C@@H]1CC[C@H](c2cnc3[nH]c(-c4ccc(C#N)nc4)cc3c2)C1. The Morgan fingerprint density at radius 2 is 2.14 bits per heavy atom. The number of ether oxygens (including phenoxy) is 1. The molecule has 3 aromatic heterocycles. The minimum Gasteiger partial charge on any atom is -0.446 e. The summed E-state index contributed by atoms with van der Waals surface area (Å²) < 4.78 is 5.54. The zero-order chi connectivity index (χ0) is 20.4. The second kappa shape index (κ2) is 7.92. The Bertz CT molecular complexity index is 1060. The second-order valence-electron chi connectivity index (χ2n) is 7.77. The molecule has 1 fully saturated rings. The number of nitrogens with one attached hydrogen (secondary N) is 2. The topological polar surface area (TPSA) is 104 Å². The average molecular weight is 389 g/mol. The quantitative estimate of drug-likeness (QED) is 0.693. The van der Waals surface area contributed by atoms with E-state index < -0.39 is 0 Å². The lowest BCUT2D eigenvalue weighted by Crippen LogP contribution is -2.33. The number of hydrogen-bond acceptors (Lipinski definition) is 5. The van der Waals surface area contributed by atoms with Gasteiger partial charge in [0.15, 0.2) is 0 Å². The highest BCUT2D eigenvalue weighted by Crippen LogP contribution is 2.37. The molecule has 1 saturated carbocycles. The van der Waals surface area contributed by atoms with Crippen molar-refractivity contribution in [2.75, 3.05) is 0 Å². The van der Waals surface area contributed by atoms with Crippen molar-refractivity contribution in [3.05, 3.63) is 47.9 Å². The minimum absolute atomic E-state index is 0.0547. The summed E-state index contributed by atoms with van der Waals surface area (Å²) in [7, 11) is 0. The van der Waals surface area contributed by atoms with Gasteiger partial charge in [-0.25, -0.2) is 14.8 Å². The average Bonchev–Trinajstić information content (AvgIpc) is 3.33. The van der Waals surface area contributed by atoms with Gasteiger partial charge in [-0.2, -0.15) is 5.26 Å². The summed E-state index contributed by atoms with van der Waals surface area (Å²) in [6.45, 7) is 3.83. The molecule has 1 amide bonds. The van der Waals surface area contributed by atoms with Crippen molar-refractivity contribution < 1.29 is 9.53 Å². The third kappa shape index (κ3) is 4.21. The highest BCUT2D eigenvalue weighted by Gasteiger charge is 2.29. The van der Waals surface area contributed by atoms with E-state index in [1.54, 1.807) is 12.3 Å². The smallest absolute Gasteiger partial charge is 0.407 e. The number of pyridine rings is 2. The van der Waals surface area contributed by atoms with Gasteiger partial charge in [0.1, 0.15) is 23.5 Å². The Hall–Kier alpha value is -3.40. The molecule has 2 atom stereocenters. The molecular weight excluding hydrogens is 366 g/mol. The normalized spacial score (nSPS) is 18.7. The van der Waals surface area contributed by atoms with Crippen LogP contribution in [0.5, 0.6) is 0 Å². The number of fused-ring (bicyclic) bond motifs is 1. The zero-order valence-corrected chi connectivity index (χ0v) is 16.5. The van der Waals surface area contributed by atoms with Crippen LogP contribution in [0.1, 0.15) is 50.3 Å². The Labute approximate surface area is 169 Å². The van der Waals surface area contributed by atoms with Crippen LogP contribution in [0.15, 0.2) is 36.7 Å². The molecular formula is C22H23N5O2. The van der Waals surface area contributed by atoms with E-state index in [0.29, 0.717) is 11.6 Å². The molecule has 29 heavy (non-hydrogen) atoms. The zero-order valence-electron chi connectivity index (χ0n) is 16.5. The van der Waals surface area contributed by atoms with Crippen molar-refractivity contribution in [1.82, 2.24) is 20.3 Å². The maximum Gasteiger partial charge on any atom is 0.407 e. The summed E-state index contributed by atoms with van der Waals surface area (Å²) in [6.07, 6.45) is 5.85. The van der Waals surface area contributed by atoms with E-state index in [0.717, 1.165) is 47.1 Å². The molecule has 0 spiro atoms. The number of nitrogens with zero attached hydrogens (tertiary/aromatic N) is 3. The summed E-state index contributed by atoms with van der Waals surface area (Å²) >= 11 is 0. The number of H-pyrrole nitrogens is 1. The van der Waals surface area contributed by atoms with Gasteiger partial charge in [-0.05, 0) is 68.9 Å². The standard InChI is InChI=1S/C22H23N5O2/c1-13(2)26-22(28)29-19-6-4-14(8-19)17-7-16-9-20(27-21(16)25-12-17)15-3-5-18(10-23)24-11-15/h3,5,7,9,11-14,19H,4,6,8H2,1-2H3,(H,25,27)(H,26,28)/t14-,19+/m0/s1. The number of amides is 1. The van der Waals surface area contributed by atoms with Gasteiger partial charge in [0.2, 0.25) is 0 Å². The van der Waals surface area contributed by atoms with Gasteiger partial charge in [0.05, 0.1) is 0 Å². The number of carbonyl (C=O) groups excluding carboxylic acids is 1. The fraction of sp³-hybridized carbons (Fsp3) is 0.364. The molecule has 0 radical (unpaired) electrons. The van der Waals surface area contributed by atoms with Gasteiger partial charge in [-0.15, -0.1) is 0 Å². The predicted molar refractivity (Wildman–Crippen MR) is 109 cm³/mol. The molecule has 0 aliphatic heterocycles. The lowest BCUT2D eigenvalue weighted by molar-refractivity contribution is 0.0982. The van der Waals surface area contributed by atoms with Gasteiger partial charge < -0.3 is 15.0 Å². The lowest BCUT2D eigenvalue weighted by Gasteiger charge is -2.15. The van der Waals surface area contributed by atoms with Crippen molar-refractivity contribution >= 4 is 17.1 Å². The Morgan fingerprint density at radius 1 is 1.28 bits per heavy atom. The van der Waals surface area contributed by atoms with Gasteiger partial charge in [-0.1, -0.05) is 0 Å². The van der Waals surface area contributed by atoms with Crippen LogP contribution in [-0.2, 0) is 4.74 Å². The number of aromatic amines is 1. The molecule has 0 saturated heterocycles. The van der Waals surface area contributed by atoms with Crippen LogP contribution in [0.2, 0.25) is 0 Å². The lowest BCUT2D eigenvalue weighted by atomic mass is 9.98. The summed E-state index contributed by atoms with van der Waals surface area (Å²) in [5.41, 5.74) is 4.20. The van der Waals surface area contributed by atoms with E-state index in [9.17, 15) is 4.79 Å². The van der Waals surface area contributed by atoms with Crippen molar-refractivity contribution in [3.63, 3.8) is 0 Å². The first kappa shape index (κ1) is 18.9. The van der Waals surface area contributed by atoms with Crippen LogP contribution in [-0.4, -0.2) is 33.2 Å². The highest BCUT2D eigenvalue weighted by atomic mass is 16.6. The van der Waals surface area contributed by atoms with Crippen LogP contribution in [0, 0.1) is 11.3 Å². The van der Waals surface area contributed by atoms with Crippen LogP contribution >= 0.6 is 0 Å². The Balaban J connectivity index is 1.48. The first-order chi connectivity index (χ1) is 14.0. The third-order valence-corrected chi connectivity index (χ3v) is 5.22. The van der Waals surface area contributed by atoms with E-state index in [-0.39, 0.29) is 18.2 Å². The fourth-order valence-corrected chi connectivity index (χ4v) is 3.80. The first-order valence-corrected chi connectivity index (χ1v) is 9.84. The molecule has 1 aliphatic rings. The molecule has 1 aliphatic carbocycles. The molecule has 4 rings (SSSR count). The summed E-state index contributed by atoms with van der Waals surface area (Å²) in [4.78, 5) is 23.8. The summed E-state index contributed by atoms with van der Waals surface area (Å²) in [6, 6.07) is 9.87. The minimum atomic E-state index is -0.342. The van der Waals surface area contributed by atoms with Crippen molar-refractivity contribution in [2.45, 2.75) is 51.2 Å². The molecule has 148 valence electrons. The van der Waals surface area contributed by atoms with Gasteiger partial charge in [0.25, 0.3) is 0 Å². The summed E-state index contributed by atoms with van der Waals surface area (Å²) in [5.74, 6) is 0.332. The van der Waals surface area contributed by atoms with E-state index in [2.05, 4.69) is 26.3 Å². The molecule has 0 bridgehead atoms. The van der Waals surface area contributed by atoms with Gasteiger partial charge >= 0.3 is 6.09 Å². The second-order valence-corrected chi connectivity index (χ2v) is 7.77. The number of rotatable bonds is 4. The maximum absolute atomic E-state index is 11.8. The van der Waals surface area contributed by atoms with Crippen LogP contribution in [0.3, 0.4) is 0 Å². The third-order valence-electron chi connectivity index (χ3n) is 5.22. The Kier molecular flexibility index (Phi) is 5.17. The molecule has 3 aromatic rings. The number of aromatic nitrogens is 3. The summed E-state index contributed by atoms with van der Waals surface area (Å²) in [5, 5.41) is 12.7. The van der Waals surface area contributed by atoms with E-state index in [4.69, 9.17) is 10.00 Å². The number of nitriles is 1. The largest absolute Gasteiger partial charge is 0.446 e. The first-order valence-electron chi connectivity index (χ1n) is 9.84. The van der Waals surface area contributed by atoms with E-state index >= 15 is 0 Å². The van der Waals surface area contributed by atoms with Crippen LogP contribution < -0.4 is 5.32 Å². The van der Waals surface area contributed by atoms with Crippen LogP contribution in [0.25, 0.3) is 22.3 Å². The van der Waals surface area contributed by atoms with Crippen molar-refractivity contribution in [3.8, 4) is 17.3 Å². The molecule has 3 heterocycles. The Morgan fingerprint density at radius 3 is 2.86 bits per heavy atom. The monoisotopic (exact) mass is 389 g/mol. The molecule has 0 aromatic carbocycles. The fourth-order valence-electron chi connectivity index (χ4n) is 3.80. The number of hydrogen-bond donors (Lipinski definition) is 2. The van der Waals surface area contributed by atoms with E-state index in [1.807, 2.05) is 38.2 Å². The van der Waals surface area contributed by atoms with Crippen LogP contribution in [0.4, 0.5) is 4.79 Å².